The lowest BCUT2D eigenvalue weighted by Crippen LogP contribution is -2.27. The van der Waals surface area contributed by atoms with Gasteiger partial charge in [0, 0.05) is 32.5 Å². The van der Waals surface area contributed by atoms with Crippen LogP contribution in [0.5, 0.6) is 0 Å². The van der Waals surface area contributed by atoms with E-state index < -0.39 is 0 Å². The Morgan fingerprint density at radius 1 is 1.37 bits per heavy atom. The van der Waals surface area contributed by atoms with E-state index in [4.69, 9.17) is 16.3 Å². The summed E-state index contributed by atoms with van der Waals surface area (Å²) >= 11 is 5.82. The van der Waals surface area contributed by atoms with Crippen molar-refractivity contribution in [1.82, 2.24) is 19.9 Å². The molecule has 1 saturated heterocycles. The van der Waals surface area contributed by atoms with E-state index >= 15 is 0 Å². The molecule has 1 fully saturated rings. The number of ether oxygens (including phenoxy) is 1. The highest BCUT2D eigenvalue weighted by molar-refractivity contribution is 6.30. The van der Waals surface area contributed by atoms with Gasteiger partial charge >= 0.3 is 0 Å². The molecule has 6 nitrogen and oxygen atoms in total. The van der Waals surface area contributed by atoms with Gasteiger partial charge < -0.3 is 14.6 Å². The average Bonchev–Trinajstić information content (AvgIpc) is 3.08. The third-order valence-corrected chi connectivity index (χ3v) is 3.49. The van der Waals surface area contributed by atoms with E-state index in [1.165, 1.54) is 0 Å². The Morgan fingerprint density at radius 2 is 2.16 bits per heavy atom. The molecular formula is C12H14ClN5O. The second kappa shape index (κ2) is 5.14. The molecule has 0 amide bonds. The van der Waals surface area contributed by atoms with Crippen molar-refractivity contribution >= 4 is 17.5 Å². The molecule has 2 atom stereocenters. The molecule has 2 aromatic rings. The summed E-state index contributed by atoms with van der Waals surface area (Å²) in [5.74, 6) is 1.54. The van der Waals surface area contributed by atoms with Crippen LogP contribution in [0.2, 0.25) is 5.02 Å². The summed E-state index contributed by atoms with van der Waals surface area (Å²) in [5, 5.41) is 0.529. The minimum absolute atomic E-state index is 0.0983. The minimum atomic E-state index is 0.0983. The second-order valence-electron chi connectivity index (χ2n) is 4.44. The lowest BCUT2D eigenvalue weighted by Gasteiger charge is -2.22. The molecule has 0 aliphatic carbocycles. The fourth-order valence-electron chi connectivity index (χ4n) is 2.36. The molecule has 0 saturated carbocycles. The molecule has 19 heavy (non-hydrogen) atoms. The predicted molar refractivity (Wildman–Crippen MR) is 71.1 cm³/mol. The van der Waals surface area contributed by atoms with Crippen molar-refractivity contribution in [3.8, 4) is 0 Å². The van der Waals surface area contributed by atoms with Crippen molar-refractivity contribution in [2.24, 2.45) is 0 Å². The van der Waals surface area contributed by atoms with Crippen LogP contribution in [0.15, 0.2) is 24.8 Å². The van der Waals surface area contributed by atoms with Crippen LogP contribution in [0, 0.1) is 0 Å². The first-order valence-electron chi connectivity index (χ1n) is 6.04. The Hall–Kier alpha value is -1.66. The number of nitrogens with zero attached hydrogens (tertiary/aromatic N) is 4. The van der Waals surface area contributed by atoms with Crippen LogP contribution >= 0.6 is 11.6 Å². The normalized spacial score (nSPS) is 22.9. The van der Waals surface area contributed by atoms with Gasteiger partial charge in [-0.2, -0.15) is 0 Å². The minimum Gasteiger partial charge on any atom is -0.380 e. The number of halogens is 1. The molecule has 1 N–H and O–H groups in total. The average molecular weight is 280 g/mol. The quantitative estimate of drug-likeness (QED) is 0.928. The fraction of sp³-hybridized carbons (Fsp3) is 0.417. The van der Waals surface area contributed by atoms with E-state index in [1.807, 2.05) is 6.20 Å². The molecule has 7 heteroatoms. The van der Waals surface area contributed by atoms with Gasteiger partial charge in [-0.15, -0.1) is 0 Å². The maximum atomic E-state index is 5.82. The first-order valence-corrected chi connectivity index (χ1v) is 6.42. The third-order valence-electron chi connectivity index (χ3n) is 3.29. The Morgan fingerprint density at radius 3 is 2.79 bits per heavy atom. The van der Waals surface area contributed by atoms with E-state index in [9.17, 15) is 0 Å². The van der Waals surface area contributed by atoms with Crippen LogP contribution in [-0.4, -0.2) is 39.7 Å². The number of anilines is 1. The summed E-state index contributed by atoms with van der Waals surface area (Å²) in [6.45, 7) is 0.740. The van der Waals surface area contributed by atoms with E-state index in [2.05, 4.69) is 24.8 Å². The first-order chi connectivity index (χ1) is 9.28. The van der Waals surface area contributed by atoms with Crippen molar-refractivity contribution in [1.29, 1.82) is 0 Å². The topological polar surface area (TPSA) is 66.9 Å². The third kappa shape index (κ3) is 2.41. The van der Waals surface area contributed by atoms with E-state index in [1.54, 1.807) is 25.7 Å². The molecule has 1 unspecified atom stereocenters. The van der Waals surface area contributed by atoms with Gasteiger partial charge in [0.25, 0.3) is 0 Å². The molecule has 0 bridgehead atoms. The first kappa shape index (κ1) is 12.4. The van der Waals surface area contributed by atoms with Crippen LogP contribution in [0.25, 0.3) is 0 Å². The maximum absolute atomic E-state index is 5.82. The summed E-state index contributed by atoms with van der Waals surface area (Å²) in [4.78, 5) is 18.1. The van der Waals surface area contributed by atoms with Crippen LogP contribution in [-0.2, 0) is 4.74 Å². The Balaban J connectivity index is 1.90. The number of imidazole rings is 1. The summed E-state index contributed by atoms with van der Waals surface area (Å²) in [6, 6.07) is 0.0983. The second-order valence-corrected chi connectivity index (χ2v) is 4.87. The molecule has 2 aromatic heterocycles. The SMILES string of the molecule is CO[C@@H]1CC(c2ncc[nH]2)N(c2ncc(Cl)cn2)C1. The summed E-state index contributed by atoms with van der Waals surface area (Å²) in [6.07, 6.45) is 7.77. The van der Waals surface area contributed by atoms with Gasteiger partial charge in [0.15, 0.2) is 0 Å². The fourth-order valence-corrected chi connectivity index (χ4v) is 2.46. The lowest BCUT2D eigenvalue weighted by molar-refractivity contribution is 0.118. The maximum Gasteiger partial charge on any atom is 0.226 e. The van der Waals surface area contributed by atoms with Gasteiger partial charge in [0.1, 0.15) is 5.82 Å². The van der Waals surface area contributed by atoms with Gasteiger partial charge in [0.2, 0.25) is 5.95 Å². The number of nitrogens with one attached hydrogen (secondary N) is 1. The molecule has 0 radical (unpaired) electrons. The zero-order chi connectivity index (χ0) is 13.2. The van der Waals surface area contributed by atoms with Gasteiger partial charge in [0.05, 0.1) is 29.6 Å². The van der Waals surface area contributed by atoms with Crippen LogP contribution in [0.1, 0.15) is 18.3 Å². The highest BCUT2D eigenvalue weighted by Gasteiger charge is 2.36. The highest BCUT2D eigenvalue weighted by Crippen LogP contribution is 2.33. The van der Waals surface area contributed by atoms with Crippen molar-refractivity contribution in [3.05, 3.63) is 35.6 Å². The number of aromatic nitrogens is 4. The van der Waals surface area contributed by atoms with Gasteiger partial charge in [-0.1, -0.05) is 11.6 Å². The van der Waals surface area contributed by atoms with Crippen molar-refractivity contribution < 1.29 is 4.74 Å². The summed E-state index contributed by atoms with van der Waals surface area (Å²) in [5.41, 5.74) is 0. The highest BCUT2D eigenvalue weighted by atomic mass is 35.5. The zero-order valence-electron chi connectivity index (χ0n) is 10.5. The predicted octanol–water partition coefficient (Wildman–Crippen LogP) is 1.82. The van der Waals surface area contributed by atoms with Crippen LogP contribution in [0.3, 0.4) is 0 Å². The summed E-state index contributed by atoms with van der Waals surface area (Å²) in [7, 11) is 1.72. The van der Waals surface area contributed by atoms with Gasteiger partial charge in [-0.05, 0) is 0 Å². The number of methoxy groups -OCH3 is 1. The Bertz CT molecular complexity index is 530. The number of hydrogen-bond acceptors (Lipinski definition) is 5. The Labute approximate surface area is 115 Å². The van der Waals surface area contributed by atoms with Crippen molar-refractivity contribution in [2.45, 2.75) is 18.6 Å². The molecule has 0 aromatic carbocycles. The van der Waals surface area contributed by atoms with Crippen molar-refractivity contribution in [3.63, 3.8) is 0 Å². The molecule has 0 spiro atoms. The largest absolute Gasteiger partial charge is 0.380 e. The van der Waals surface area contributed by atoms with Gasteiger partial charge in [-0.3, -0.25) is 0 Å². The number of hydrogen-bond donors (Lipinski definition) is 1. The lowest BCUT2D eigenvalue weighted by atomic mass is 10.2. The standard InChI is InChI=1S/C12H14ClN5O/c1-19-9-4-10(11-14-2-3-15-11)18(7-9)12-16-5-8(13)6-17-12/h2-3,5-6,9-10H,4,7H2,1H3,(H,14,15)/t9-,10?/m1/s1. The molecule has 100 valence electrons. The van der Waals surface area contributed by atoms with E-state index in [0.29, 0.717) is 11.0 Å². The number of rotatable bonds is 3. The monoisotopic (exact) mass is 279 g/mol. The number of H-pyrrole nitrogens is 1. The van der Waals surface area contributed by atoms with Crippen LogP contribution in [0.4, 0.5) is 5.95 Å². The molecule has 3 heterocycles. The Kier molecular flexibility index (Phi) is 3.35. The molecule has 1 aliphatic rings. The zero-order valence-corrected chi connectivity index (χ0v) is 11.2. The van der Waals surface area contributed by atoms with E-state index in [-0.39, 0.29) is 12.1 Å². The van der Waals surface area contributed by atoms with Gasteiger partial charge in [-0.25, -0.2) is 15.0 Å². The van der Waals surface area contributed by atoms with Crippen molar-refractivity contribution in [2.75, 3.05) is 18.6 Å². The summed E-state index contributed by atoms with van der Waals surface area (Å²) < 4.78 is 5.45. The molecule has 3 rings (SSSR count). The van der Waals surface area contributed by atoms with Crippen LogP contribution < -0.4 is 4.90 Å². The number of aromatic amines is 1. The smallest absolute Gasteiger partial charge is 0.226 e. The molecule has 1 aliphatic heterocycles. The molecular weight excluding hydrogens is 266 g/mol. The van der Waals surface area contributed by atoms with E-state index in [0.717, 1.165) is 18.8 Å².